The Morgan fingerprint density at radius 3 is 1.96 bits per heavy atom. The molecule has 0 aliphatic carbocycles. The van der Waals surface area contributed by atoms with Crippen LogP contribution in [0.1, 0.15) is 12.5 Å². The van der Waals surface area contributed by atoms with Crippen LogP contribution in [-0.2, 0) is 0 Å². The molecular formula is C15H15ClFN4NaO2. The van der Waals surface area contributed by atoms with Crippen molar-refractivity contribution < 1.29 is 45.2 Å². The van der Waals surface area contributed by atoms with E-state index in [4.69, 9.17) is 33.3 Å². The SMILES string of the molecule is COc1cnccc1C#N.C[O-].N#Cc1ccncc1Cl.[2H]CF.[Na+]. The third-order valence-corrected chi connectivity index (χ3v) is 2.32. The molecule has 0 saturated carbocycles. The van der Waals surface area contributed by atoms with Gasteiger partial charge in [0.1, 0.15) is 12.1 Å². The Labute approximate surface area is 169 Å². The van der Waals surface area contributed by atoms with Crippen molar-refractivity contribution in [3.8, 4) is 17.9 Å². The number of hydrogen-bond donors (Lipinski definition) is 0. The molecule has 122 valence electrons. The molecule has 24 heavy (non-hydrogen) atoms. The summed E-state index contributed by atoms with van der Waals surface area (Å²) in [5.41, 5.74) is 0.976. The average molecular weight is 362 g/mol. The van der Waals surface area contributed by atoms with Gasteiger partial charge in [-0.2, -0.15) is 17.6 Å². The van der Waals surface area contributed by atoms with Crippen LogP contribution in [0.2, 0.25) is 5.02 Å². The van der Waals surface area contributed by atoms with Crippen molar-refractivity contribution in [3.63, 3.8) is 0 Å². The standard InChI is InChI=1S/C7H6N2O.C6H3ClN2.CH3F.CH3O.Na/c1-10-7-5-9-3-2-6(7)4-8;7-6-4-9-2-1-5(6)3-8;2*1-2;/h2-3,5H,1H3;1-2,4H;2*1H3;/q;;;-1;+1/i;;1D;;. The number of alkyl halides is 1. The summed E-state index contributed by atoms with van der Waals surface area (Å²) < 4.78 is 20.4. The van der Waals surface area contributed by atoms with Gasteiger partial charge in [-0.15, -0.1) is 0 Å². The maximum atomic E-state index is 9.96. The molecule has 0 N–H and O–H groups in total. The molecule has 0 radical (unpaired) electrons. The van der Waals surface area contributed by atoms with Gasteiger partial charge < -0.3 is 9.84 Å². The third-order valence-electron chi connectivity index (χ3n) is 2.02. The molecular weight excluding hydrogens is 346 g/mol. The van der Waals surface area contributed by atoms with Crippen molar-refractivity contribution in [1.82, 2.24) is 9.97 Å². The molecule has 2 aromatic heterocycles. The van der Waals surface area contributed by atoms with E-state index < -0.39 is 7.15 Å². The minimum Gasteiger partial charge on any atom is -0.857 e. The van der Waals surface area contributed by atoms with E-state index in [0.29, 0.717) is 21.9 Å². The van der Waals surface area contributed by atoms with Gasteiger partial charge >= 0.3 is 29.6 Å². The molecule has 0 aromatic carbocycles. The summed E-state index contributed by atoms with van der Waals surface area (Å²) in [4.78, 5) is 7.50. The summed E-state index contributed by atoms with van der Waals surface area (Å²) in [6.07, 6.45) is 6.05. The van der Waals surface area contributed by atoms with Crippen LogP contribution in [0.4, 0.5) is 4.39 Å². The Morgan fingerprint density at radius 2 is 1.62 bits per heavy atom. The maximum absolute atomic E-state index is 9.96. The number of hydrogen-bond acceptors (Lipinski definition) is 6. The molecule has 0 aliphatic heterocycles. The van der Waals surface area contributed by atoms with Gasteiger partial charge in [0, 0.05) is 18.6 Å². The van der Waals surface area contributed by atoms with Crippen molar-refractivity contribution >= 4 is 11.6 Å². The molecule has 6 nitrogen and oxygen atoms in total. The summed E-state index contributed by atoms with van der Waals surface area (Å²) in [5, 5.41) is 25.5. The van der Waals surface area contributed by atoms with Gasteiger partial charge in [0.15, 0.2) is 5.75 Å². The molecule has 9 heteroatoms. The van der Waals surface area contributed by atoms with Crippen molar-refractivity contribution in [2.24, 2.45) is 0 Å². The number of halogens is 2. The van der Waals surface area contributed by atoms with Crippen molar-refractivity contribution in [1.29, 1.82) is 10.5 Å². The molecule has 0 fully saturated rings. The predicted molar refractivity (Wildman–Crippen MR) is 82.4 cm³/mol. The van der Waals surface area contributed by atoms with E-state index in [1.807, 2.05) is 12.1 Å². The second kappa shape index (κ2) is 19.3. The van der Waals surface area contributed by atoms with E-state index in [0.717, 1.165) is 7.11 Å². The number of nitriles is 2. The molecule has 0 atom stereocenters. The summed E-state index contributed by atoms with van der Waals surface area (Å²) in [5.74, 6) is 0.519. The summed E-state index contributed by atoms with van der Waals surface area (Å²) >= 11 is 5.54. The van der Waals surface area contributed by atoms with Crippen LogP contribution in [0.25, 0.3) is 0 Å². The quantitative estimate of drug-likeness (QED) is 0.612. The first-order valence-corrected chi connectivity index (χ1v) is 6.16. The number of nitrogens with zero attached hydrogens (tertiary/aromatic N) is 4. The van der Waals surface area contributed by atoms with E-state index in [2.05, 4.69) is 9.97 Å². The van der Waals surface area contributed by atoms with E-state index in [9.17, 15) is 4.39 Å². The second-order valence-electron chi connectivity index (χ2n) is 3.16. The number of ether oxygens (including phenoxy) is 1. The first-order valence-electron chi connectivity index (χ1n) is 6.49. The fourth-order valence-electron chi connectivity index (χ4n) is 1.10. The Morgan fingerprint density at radius 1 is 1.17 bits per heavy atom. The first kappa shape index (κ1) is 24.5. The van der Waals surface area contributed by atoms with Gasteiger partial charge in [-0.25, -0.2) is 0 Å². The average Bonchev–Trinajstić information content (AvgIpc) is 2.65. The van der Waals surface area contributed by atoms with Crippen molar-refractivity contribution in [2.45, 2.75) is 0 Å². The van der Waals surface area contributed by atoms with Crippen LogP contribution in [0.3, 0.4) is 0 Å². The van der Waals surface area contributed by atoms with Crippen molar-refractivity contribution in [2.75, 3.05) is 21.4 Å². The Bertz CT molecular complexity index is 668. The van der Waals surface area contributed by atoms with Crippen LogP contribution in [-0.4, -0.2) is 31.3 Å². The van der Waals surface area contributed by atoms with Gasteiger partial charge in [-0.1, -0.05) is 11.6 Å². The summed E-state index contributed by atoms with van der Waals surface area (Å²) in [6.45, 7) is 0. The first-order chi connectivity index (χ1) is 11.6. The number of rotatable bonds is 1. The van der Waals surface area contributed by atoms with Crippen LogP contribution in [0, 0.1) is 22.7 Å². The van der Waals surface area contributed by atoms with E-state index in [-0.39, 0.29) is 29.6 Å². The Hall–Kier alpha value is -1.74. The van der Waals surface area contributed by atoms with Crippen molar-refractivity contribution in [3.05, 3.63) is 53.1 Å². The topological polar surface area (TPSA) is 106 Å². The monoisotopic (exact) mass is 361 g/mol. The fraction of sp³-hybridized carbons (Fsp3) is 0.200. The largest absolute Gasteiger partial charge is 1.00 e. The second-order valence-corrected chi connectivity index (χ2v) is 3.56. The fourth-order valence-corrected chi connectivity index (χ4v) is 1.26. The Kier molecular flexibility index (Phi) is 19.7. The molecule has 2 heterocycles. The minimum absolute atomic E-state index is 0. The van der Waals surface area contributed by atoms with Crippen LogP contribution < -0.4 is 39.4 Å². The zero-order chi connectivity index (χ0) is 18.8. The Balaban J connectivity index is -0.000000300. The molecule has 0 aliphatic rings. The van der Waals surface area contributed by atoms with Gasteiger partial charge in [0.05, 0.1) is 38.0 Å². The number of pyridine rings is 2. The third kappa shape index (κ3) is 10.9. The van der Waals surface area contributed by atoms with Crippen LogP contribution in [0.15, 0.2) is 36.9 Å². The summed E-state index contributed by atoms with van der Waals surface area (Å²) in [6, 6.07) is 7.09. The molecule has 0 saturated heterocycles. The zero-order valence-corrected chi connectivity index (χ0v) is 16.3. The van der Waals surface area contributed by atoms with Crippen LogP contribution >= 0.6 is 11.6 Å². The maximum Gasteiger partial charge on any atom is 1.00 e. The minimum atomic E-state index is -1.00. The van der Waals surface area contributed by atoms with E-state index in [1.165, 1.54) is 25.7 Å². The van der Waals surface area contributed by atoms with Gasteiger partial charge in [0.2, 0.25) is 0 Å². The molecule has 0 amide bonds. The van der Waals surface area contributed by atoms with Gasteiger partial charge in [-0.05, 0) is 12.1 Å². The van der Waals surface area contributed by atoms with E-state index in [1.54, 1.807) is 18.3 Å². The number of aromatic nitrogens is 2. The van der Waals surface area contributed by atoms with Gasteiger partial charge in [-0.3, -0.25) is 14.4 Å². The molecule has 0 bridgehead atoms. The smallest absolute Gasteiger partial charge is 0.857 e. The molecule has 0 spiro atoms. The zero-order valence-electron chi connectivity index (χ0n) is 14.5. The number of methoxy groups -OCH3 is 1. The summed E-state index contributed by atoms with van der Waals surface area (Å²) in [7, 11) is 1.26. The predicted octanol–water partition coefficient (Wildman–Crippen LogP) is -0.865. The normalized spacial score (nSPS) is 7.71. The van der Waals surface area contributed by atoms with Gasteiger partial charge in [0.25, 0.3) is 0 Å². The molecule has 0 unspecified atom stereocenters. The van der Waals surface area contributed by atoms with E-state index >= 15 is 0 Å². The molecule has 2 aromatic rings. The van der Waals surface area contributed by atoms with Crippen LogP contribution in [0.5, 0.6) is 5.75 Å². The molecule has 2 rings (SSSR count).